The Labute approximate surface area is 158 Å². The number of carbonyl (C=O) groups excluding carboxylic acids is 1. The molecule has 0 bridgehead atoms. The van der Waals surface area contributed by atoms with Gasteiger partial charge in [0.1, 0.15) is 5.82 Å². The molecule has 0 saturated carbocycles. The van der Waals surface area contributed by atoms with Gasteiger partial charge in [-0.15, -0.1) is 0 Å². The van der Waals surface area contributed by atoms with Crippen LogP contribution in [0.15, 0.2) is 53.6 Å². The zero-order chi connectivity index (χ0) is 19.1. The smallest absolute Gasteiger partial charge is 0.271 e. The van der Waals surface area contributed by atoms with Gasteiger partial charge in [-0.1, -0.05) is 24.3 Å². The monoisotopic (exact) mass is 369 g/mol. The first-order valence-electron chi connectivity index (χ1n) is 9.15. The van der Waals surface area contributed by atoms with E-state index < -0.39 is 0 Å². The van der Waals surface area contributed by atoms with Crippen molar-refractivity contribution >= 4 is 12.1 Å². The number of hydrogen-bond donors (Lipinski definition) is 2. The minimum absolute atomic E-state index is 0.277. The highest BCUT2D eigenvalue weighted by Gasteiger charge is 2.18. The van der Waals surface area contributed by atoms with Crippen LogP contribution in [0.2, 0.25) is 0 Å². The van der Waals surface area contributed by atoms with Crippen molar-refractivity contribution in [3.05, 3.63) is 71.0 Å². The summed E-state index contributed by atoms with van der Waals surface area (Å²) in [7, 11) is 0. The molecular weight excluding hydrogens is 345 g/mol. The molecule has 1 fully saturated rings. The van der Waals surface area contributed by atoms with Gasteiger partial charge >= 0.3 is 0 Å². The molecule has 0 radical (unpaired) electrons. The number of piperidine rings is 1. The molecule has 5 nitrogen and oxygen atoms in total. The van der Waals surface area contributed by atoms with Crippen LogP contribution in [0.4, 0.5) is 4.39 Å². The van der Waals surface area contributed by atoms with E-state index in [0.29, 0.717) is 17.0 Å². The van der Waals surface area contributed by atoms with Crippen LogP contribution in [0.5, 0.6) is 0 Å². The number of aliphatic hydroxyl groups excluding tert-OH is 1. The van der Waals surface area contributed by atoms with Crippen molar-refractivity contribution < 1.29 is 14.3 Å². The molecule has 1 aliphatic heterocycles. The maximum Gasteiger partial charge on any atom is 0.271 e. The molecule has 0 unspecified atom stereocenters. The quantitative estimate of drug-likeness (QED) is 0.608. The van der Waals surface area contributed by atoms with Gasteiger partial charge in [-0.2, -0.15) is 5.10 Å². The molecule has 1 aliphatic rings. The second kappa shape index (κ2) is 9.39. The standard InChI is InChI=1S/C21H24FN3O2/c22-20-3-1-2-18(12-20)13-23-24-21(27)19-6-4-16(5-7-19)14-25-10-8-17(15-26)9-11-25/h1-7,12-13,17,26H,8-11,14-15H2,(H,24,27)/b23-13+. The van der Waals surface area contributed by atoms with Crippen LogP contribution in [-0.4, -0.2) is 41.8 Å². The number of halogens is 1. The van der Waals surface area contributed by atoms with Gasteiger partial charge in [0.2, 0.25) is 0 Å². The first kappa shape index (κ1) is 19.2. The van der Waals surface area contributed by atoms with Crippen molar-refractivity contribution in [2.45, 2.75) is 19.4 Å². The lowest BCUT2D eigenvalue weighted by Crippen LogP contribution is -2.34. The van der Waals surface area contributed by atoms with E-state index in [4.69, 9.17) is 0 Å². The summed E-state index contributed by atoms with van der Waals surface area (Å²) in [6.45, 7) is 3.10. The normalized spacial score (nSPS) is 15.9. The second-order valence-corrected chi connectivity index (χ2v) is 6.85. The highest BCUT2D eigenvalue weighted by Crippen LogP contribution is 2.18. The van der Waals surface area contributed by atoms with E-state index in [1.165, 1.54) is 18.3 Å². The molecule has 1 amide bonds. The van der Waals surface area contributed by atoms with E-state index in [2.05, 4.69) is 15.4 Å². The number of rotatable bonds is 6. The van der Waals surface area contributed by atoms with E-state index >= 15 is 0 Å². The Bertz CT molecular complexity index is 784. The topological polar surface area (TPSA) is 64.9 Å². The Kier molecular flexibility index (Phi) is 6.68. The predicted octanol–water partition coefficient (Wildman–Crippen LogP) is 2.79. The van der Waals surface area contributed by atoms with E-state index in [1.54, 1.807) is 24.3 Å². The van der Waals surface area contributed by atoms with Gasteiger partial charge in [0.05, 0.1) is 6.21 Å². The molecule has 0 aliphatic carbocycles. The minimum atomic E-state index is -0.346. The van der Waals surface area contributed by atoms with Crippen LogP contribution in [0.1, 0.15) is 34.3 Å². The fourth-order valence-electron chi connectivity index (χ4n) is 3.16. The molecule has 0 atom stereocenters. The lowest BCUT2D eigenvalue weighted by Gasteiger charge is -2.31. The number of aliphatic hydroxyl groups is 1. The van der Waals surface area contributed by atoms with Crippen LogP contribution in [0.3, 0.4) is 0 Å². The van der Waals surface area contributed by atoms with Gasteiger partial charge in [-0.3, -0.25) is 9.69 Å². The van der Waals surface area contributed by atoms with Crippen LogP contribution < -0.4 is 5.43 Å². The highest BCUT2D eigenvalue weighted by atomic mass is 19.1. The zero-order valence-electron chi connectivity index (χ0n) is 15.1. The molecule has 0 aromatic heterocycles. The van der Waals surface area contributed by atoms with Gasteiger partial charge in [-0.05, 0) is 67.2 Å². The summed E-state index contributed by atoms with van der Waals surface area (Å²) < 4.78 is 13.1. The summed E-state index contributed by atoms with van der Waals surface area (Å²) in [6, 6.07) is 13.4. The van der Waals surface area contributed by atoms with Gasteiger partial charge in [0, 0.05) is 18.7 Å². The maximum absolute atomic E-state index is 13.1. The maximum atomic E-state index is 13.1. The van der Waals surface area contributed by atoms with Crippen molar-refractivity contribution in [3.8, 4) is 0 Å². The molecule has 6 heteroatoms. The number of hydrogen-bond acceptors (Lipinski definition) is 4. The number of likely N-dealkylation sites (tertiary alicyclic amines) is 1. The lowest BCUT2D eigenvalue weighted by molar-refractivity contribution is 0.0955. The van der Waals surface area contributed by atoms with E-state index in [0.717, 1.165) is 38.0 Å². The molecule has 27 heavy (non-hydrogen) atoms. The number of nitrogens with zero attached hydrogens (tertiary/aromatic N) is 2. The zero-order valence-corrected chi connectivity index (χ0v) is 15.1. The third-order valence-electron chi connectivity index (χ3n) is 4.82. The first-order chi connectivity index (χ1) is 13.1. The molecule has 0 spiro atoms. The Morgan fingerprint density at radius 2 is 1.96 bits per heavy atom. The third kappa shape index (κ3) is 5.70. The average Bonchev–Trinajstić information content (AvgIpc) is 2.69. The van der Waals surface area contributed by atoms with Gasteiger partial charge < -0.3 is 5.11 Å². The van der Waals surface area contributed by atoms with Crippen molar-refractivity contribution in [2.75, 3.05) is 19.7 Å². The fraction of sp³-hybridized carbons (Fsp3) is 0.333. The number of carbonyl (C=O) groups is 1. The SMILES string of the molecule is O=C(N/N=C/c1cccc(F)c1)c1ccc(CN2CCC(CO)CC2)cc1. The van der Waals surface area contributed by atoms with Crippen LogP contribution in [-0.2, 0) is 6.54 Å². The molecular formula is C21H24FN3O2. The Hall–Kier alpha value is -2.57. The minimum Gasteiger partial charge on any atom is -0.396 e. The van der Waals surface area contributed by atoms with Crippen molar-refractivity contribution in [2.24, 2.45) is 11.0 Å². The van der Waals surface area contributed by atoms with Gasteiger partial charge in [0.25, 0.3) is 5.91 Å². The van der Waals surface area contributed by atoms with Gasteiger partial charge in [0.15, 0.2) is 0 Å². The summed E-state index contributed by atoms with van der Waals surface area (Å²) in [5.41, 5.74) is 4.70. The van der Waals surface area contributed by atoms with Crippen molar-refractivity contribution in [3.63, 3.8) is 0 Å². The molecule has 2 aromatic rings. The summed E-state index contributed by atoms with van der Waals surface area (Å²) in [6.07, 6.45) is 3.46. The largest absolute Gasteiger partial charge is 0.396 e. The molecule has 142 valence electrons. The number of amides is 1. The molecule has 2 N–H and O–H groups in total. The summed E-state index contributed by atoms with van der Waals surface area (Å²) in [4.78, 5) is 14.5. The predicted molar refractivity (Wildman–Crippen MR) is 103 cm³/mol. The second-order valence-electron chi connectivity index (χ2n) is 6.85. The highest BCUT2D eigenvalue weighted by molar-refractivity contribution is 5.94. The number of benzene rings is 2. The van der Waals surface area contributed by atoms with E-state index in [9.17, 15) is 14.3 Å². The van der Waals surface area contributed by atoms with Gasteiger partial charge in [-0.25, -0.2) is 9.82 Å². The molecule has 3 rings (SSSR count). The van der Waals surface area contributed by atoms with Crippen LogP contribution in [0.25, 0.3) is 0 Å². The Morgan fingerprint density at radius 1 is 1.22 bits per heavy atom. The van der Waals surface area contributed by atoms with E-state index in [1.807, 2.05) is 12.1 Å². The lowest BCUT2D eigenvalue weighted by atomic mass is 9.97. The molecule has 2 aromatic carbocycles. The van der Waals surface area contributed by atoms with Crippen molar-refractivity contribution in [1.29, 1.82) is 0 Å². The number of nitrogens with one attached hydrogen (secondary N) is 1. The average molecular weight is 369 g/mol. The van der Waals surface area contributed by atoms with E-state index in [-0.39, 0.29) is 18.3 Å². The molecule has 1 saturated heterocycles. The Balaban J connectivity index is 1.50. The molecule has 1 heterocycles. The summed E-state index contributed by atoms with van der Waals surface area (Å²) in [5, 5.41) is 13.1. The van der Waals surface area contributed by atoms with Crippen LogP contribution >= 0.6 is 0 Å². The number of hydrazone groups is 1. The van der Waals surface area contributed by atoms with Crippen molar-refractivity contribution in [1.82, 2.24) is 10.3 Å². The summed E-state index contributed by atoms with van der Waals surface area (Å²) in [5.74, 6) is -0.223. The Morgan fingerprint density at radius 3 is 2.63 bits per heavy atom. The fourth-order valence-corrected chi connectivity index (χ4v) is 3.16. The summed E-state index contributed by atoms with van der Waals surface area (Å²) >= 11 is 0. The first-order valence-corrected chi connectivity index (χ1v) is 9.15. The third-order valence-corrected chi connectivity index (χ3v) is 4.82. The van der Waals surface area contributed by atoms with Crippen LogP contribution in [0, 0.1) is 11.7 Å².